The highest BCUT2D eigenvalue weighted by Gasteiger charge is 2.24. The lowest BCUT2D eigenvalue weighted by Crippen LogP contribution is -2.45. The highest BCUT2D eigenvalue weighted by Crippen LogP contribution is 2.32. The molecule has 0 aromatic heterocycles. The number of carbonyl (C=O) groups excluding carboxylic acids is 2. The van der Waals surface area contributed by atoms with Gasteiger partial charge in [0.25, 0.3) is 5.91 Å². The quantitative estimate of drug-likeness (QED) is 0.817. The Labute approximate surface area is 121 Å². The van der Waals surface area contributed by atoms with E-state index in [0.29, 0.717) is 17.9 Å². The Morgan fingerprint density at radius 1 is 1.45 bits per heavy atom. The minimum atomic E-state index is -0.0212. The average molecular weight is 291 g/mol. The number of piperidine rings is 1. The summed E-state index contributed by atoms with van der Waals surface area (Å²) in [4.78, 5) is 26.7. The molecule has 2 amide bonds. The standard InChI is InChI=1S/C14H17N3O2S/c15-10-2-1-5-17(7-10)14(19)9-3-4-12-11(6-9)16-13(18)8-20-12/h3-4,6,10H,1-2,5,7-8,15H2,(H,16,18). The van der Waals surface area contributed by atoms with Crippen molar-refractivity contribution in [3.8, 4) is 0 Å². The molecule has 106 valence electrons. The second-order valence-corrected chi connectivity index (χ2v) is 6.22. The van der Waals surface area contributed by atoms with E-state index in [1.54, 1.807) is 11.0 Å². The molecule has 2 heterocycles. The molecule has 0 radical (unpaired) electrons. The molecule has 0 bridgehead atoms. The first-order chi connectivity index (χ1) is 9.63. The summed E-state index contributed by atoms with van der Waals surface area (Å²) in [5.41, 5.74) is 7.26. The summed E-state index contributed by atoms with van der Waals surface area (Å²) in [6.45, 7) is 1.36. The Balaban J connectivity index is 1.81. The zero-order valence-electron chi connectivity index (χ0n) is 11.1. The average Bonchev–Trinajstić information content (AvgIpc) is 2.45. The summed E-state index contributed by atoms with van der Waals surface area (Å²) in [5, 5.41) is 2.81. The van der Waals surface area contributed by atoms with Crippen LogP contribution in [0.3, 0.4) is 0 Å². The topological polar surface area (TPSA) is 75.4 Å². The molecule has 1 aromatic carbocycles. The third kappa shape index (κ3) is 2.66. The van der Waals surface area contributed by atoms with E-state index in [4.69, 9.17) is 5.73 Å². The number of likely N-dealkylation sites (tertiary alicyclic amines) is 1. The predicted molar refractivity (Wildman–Crippen MR) is 78.9 cm³/mol. The van der Waals surface area contributed by atoms with Gasteiger partial charge in [0.15, 0.2) is 0 Å². The Hall–Kier alpha value is -1.53. The summed E-state index contributed by atoms with van der Waals surface area (Å²) < 4.78 is 0. The van der Waals surface area contributed by atoms with Crippen molar-refractivity contribution < 1.29 is 9.59 Å². The molecular weight excluding hydrogens is 274 g/mol. The molecule has 1 aromatic rings. The van der Waals surface area contributed by atoms with Crippen molar-refractivity contribution in [3.05, 3.63) is 23.8 Å². The first-order valence-corrected chi connectivity index (χ1v) is 7.73. The number of rotatable bonds is 1. The van der Waals surface area contributed by atoms with Crippen LogP contribution in [0.5, 0.6) is 0 Å². The SMILES string of the molecule is NC1CCCN(C(=O)c2ccc3c(c2)NC(=O)CS3)C1. The summed E-state index contributed by atoms with van der Waals surface area (Å²) in [6.07, 6.45) is 1.92. The Bertz CT molecular complexity index is 561. The van der Waals surface area contributed by atoms with Crippen LogP contribution in [-0.4, -0.2) is 41.6 Å². The summed E-state index contributed by atoms with van der Waals surface area (Å²) in [6, 6.07) is 5.56. The lowest BCUT2D eigenvalue weighted by molar-refractivity contribution is -0.113. The van der Waals surface area contributed by atoms with Gasteiger partial charge in [-0.2, -0.15) is 0 Å². The number of carbonyl (C=O) groups is 2. The molecule has 5 nitrogen and oxygen atoms in total. The number of thioether (sulfide) groups is 1. The van der Waals surface area contributed by atoms with Crippen molar-refractivity contribution in [2.24, 2.45) is 5.73 Å². The van der Waals surface area contributed by atoms with Gasteiger partial charge in [-0.3, -0.25) is 9.59 Å². The maximum Gasteiger partial charge on any atom is 0.253 e. The number of hydrogen-bond donors (Lipinski definition) is 2. The lowest BCUT2D eigenvalue weighted by Gasteiger charge is -2.31. The number of anilines is 1. The molecule has 0 spiro atoms. The number of nitrogens with zero attached hydrogens (tertiary/aromatic N) is 1. The van der Waals surface area contributed by atoms with E-state index in [2.05, 4.69) is 5.32 Å². The monoisotopic (exact) mass is 291 g/mol. The van der Waals surface area contributed by atoms with Crippen molar-refractivity contribution >= 4 is 29.3 Å². The molecule has 0 aliphatic carbocycles. The van der Waals surface area contributed by atoms with Gasteiger partial charge in [-0.1, -0.05) is 0 Å². The first kappa shape index (κ1) is 13.5. The lowest BCUT2D eigenvalue weighted by atomic mass is 10.1. The smallest absolute Gasteiger partial charge is 0.253 e. The second kappa shape index (κ2) is 5.46. The van der Waals surface area contributed by atoms with Gasteiger partial charge in [-0.15, -0.1) is 11.8 Å². The van der Waals surface area contributed by atoms with E-state index in [0.717, 1.165) is 30.0 Å². The summed E-state index contributed by atoms with van der Waals surface area (Å²) >= 11 is 1.50. The predicted octanol–water partition coefficient (Wildman–Crippen LogP) is 1.29. The van der Waals surface area contributed by atoms with Gasteiger partial charge in [-0.25, -0.2) is 0 Å². The van der Waals surface area contributed by atoms with Gasteiger partial charge in [0.1, 0.15) is 0 Å². The Morgan fingerprint density at radius 3 is 3.10 bits per heavy atom. The van der Waals surface area contributed by atoms with Crippen LogP contribution in [0, 0.1) is 0 Å². The van der Waals surface area contributed by atoms with Gasteiger partial charge in [0.05, 0.1) is 11.4 Å². The highest BCUT2D eigenvalue weighted by molar-refractivity contribution is 8.00. The number of nitrogens with one attached hydrogen (secondary N) is 1. The van der Waals surface area contributed by atoms with Gasteiger partial charge >= 0.3 is 0 Å². The second-order valence-electron chi connectivity index (χ2n) is 5.20. The third-order valence-electron chi connectivity index (χ3n) is 3.60. The molecule has 3 N–H and O–H groups in total. The van der Waals surface area contributed by atoms with E-state index < -0.39 is 0 Å². The van der Waals surface area contributed by atoms with Crippen LogP contribution >= 0.6 is 11.8 Å². The Morgan fingerprint density at radius 2 is 2.30 bits per heavy atom. The maximum atomic E-state index is 12.5. The minimum Gasteiger partial charge on any atom is -0.337 e. The van der Waals surface area contributed by atoms with E-state index in [1.165, 1.54) is 11.8 Å². The summed E-state index contributed by atoms with van der Waals surface area (Å²) in [7, 11) is 0. The number of amides is 2. The van der Waals surface area contributed by atoms with Crippen LogP contribution in [0.4, 0.5) is 5.69 Å². The van der Waals surface area contributed by atoms with Crippen LogP contribution < -0.4 is 11.1 Å². The highest BCUT2D eigenvalue weighted by atomic mass is 32.2. The third-order valence-corrected chi connectivity index (χ3v) is 4.68. The van der Waals surface area contributed by atoms with Gasteiger partial charge in [-0.05, 0) is 31.0 Å². The minimum absolute atomic E-state index is 0.00669. The Kier molecular flexibility index (Phi) is 3.67. The molecule has 1 unspecified atom stereocenters. The van der Waals surface area contributed by atoms with Crippen molar-refractivity contribution in [2.75, 3.05) is 24.2 Å². The van der Waals surface area contributed by atoms with E-state index in [-0.39, 0.29) is 17.9 Å². The van der Waals surface area contributed by atoms with E-state index in [1.807, 2.05) is 12.1 Å². The molecule has 3 rings (SSSR count). The molecule has 20 heavy (non-hydrogen) atoms. The number of hydrogen-bond acceptors (Lipinski definition) is 4. The van der Waals surface area contributed by atoms with Crippen LogP contribution in [0.2, 0.25) is 0 Å². The van der Waals surface area contributed by atoms with Gasteiger partial charge < -0.3 is 16.0 Å². The van der Waals surface area contributed by atoms with Crippen molar-refractivity contribution in [1.29, 1.82) is 0 Å². The van der Waals surface area contributed by atoms with Crippen LogP contribution in [0.25, 0.3) is 0 Å². The zero-order valence-corrected chi connectivity index (χ0v) is 11.9. The molecule has 2 aliphatic rings. The van der Waals surface area contributed by atoms with Crippen LogP contribution in [-0.2, 0) is 4.79 Å². The number of fused-ring (bicyclic) bond motifs is 1. The summed E-state index contributed by atoms with van der Waals surface area (Å²) in [5.74, 6) is 0.404. The molecular formula is C14H17N3O2S. The van der Waals surface area contributed by atoms with E-state index >= 15 is 0 Å². The first-order valence-electron chi connectivity index (χ1n) is 6.75. The molecule has 1 fully saturated rings. The zero-order chi connectivity index (χ0) is 14.1. The van der Waals surface area contributed by atoms with Gasteiger partial charge in [0, 0.05) is 29.6 Å². The maximum absolute atomic E-state index is 12.5. The number of benzene rings is 1. The molecule has 2 aliphatic heterocycles. The van der Waals surface area contributed by atoms with Crippen LogP contribution in [0.15, 0.2) is 23.1 Å². The molecule has 0 saturated carbocycles. The molecule has 6 heteroatoms. The number of nitrogens with two attached hydrogens (primary N) is 1. The normalized spacial score (nSPS) is 22.1. The molecule has 1 atom stereocenters. The van der Waals surface area contributed by atoms with Crippen molar-refractivity contribution in [2.45, 2.75) is 23.8 Å². The fourth-order valence-electron chi connectivity index (χ4n) is 2.59. The van der Waals surface area contributed by atoms with Crippen molar-refractivity contribution in [1.82, 2.24) is 4.90 Å². The van der Waals surface area contributed by atoms with Gasteiger partial charge in [0.2, 0.25) is 5.91 Å². The van der Waals surface area contributed by atoms with E-state index in [9.17, 15) is 9.59 Å². The molecule has 1 saturated heterocycles. The fourth-order valence-corrected chi connectivity index (χ4v) is 3.38. The van der Waals surface area contributed by atoms with Crippen molar-refractivity contribution in [3.63, 3.8) is 0 Å². The fraction of sp³-hybridized carbons (Fsp3) is 0.429. The van der Waals surface area contributed by atoms with Crippen LogP contribution in [0.1, 0.15) is 23.2 Å². The largest absolute Gasteiger partial charge is 0.337 e.